The average molecular weight is 194 g/mol. The van der Waals surface area contributed by atoms with Crippen LogP contribution in [0.4, 0.5) is 0 Å². The third kappa shape index (κ3) is 1.96. The lowest BCUT2D eigenvalue weighted by atomic mass is 10.1. The van der Waals surface area contributed by atoms with Crippen LogP contribution in [0.2, 0.25) is 0 Å². The number of aromatic nitrogens is 2. The highest BCUT2D eigenvalue weighted by Gasteiger charge is 2.15. The van der Waals surface area contributed by atoms with Gasteiger partial charge in [0.2, 0.25) is 0 Å². The average Bonchev–Trinajstić information content (AvgIpc) is 2.68. The third-order valence-corrected chi connectivity index (χ3v) is 2.79. The minimum atomic E-state index is 0.0836. The van der Waals surface area contributed by atoms with Crippen LogP contribution < -0.4 is 11.1 Å². The summed E-state index contributed by atoms with van der Waals surface area (Å²) in [5.41, 5.74) is 6.91. The fourth-order valence-corrected chi connectivity index (χ4v) is 1.85. The van der Waals surface area contributed by atoms with Crippen molar-refractivity contribution in [2.75, 3.05) is 13.1 Å². The van der Waals surface area contributed by atoms with Crippen molar-refractivity contribution in [1.29, 1.82) is 0 Å². The zero-order valence-corrected chi connectivity index (χ0v) is 8.61. The molecule has 0 bridgehead atoms. The number of piperidine rings is 1. The van der Waals surface area contributed by atoms with Crippen LogP contribution in [0.1, 0.15) is 37.4 Å². The largest absolute Gasteiger partial charge is 0.324 e. The van der Waals surface area contributed by atoms with Crippen LogP contribution >= 0.6 is 0 Å². The Labute approximate surface area is 84.5 Å². The molecule has 0 saturated carbocycles. The van der Waals surface area contributed by atoms with Gasteiger partial charge in [0.25, 0.3) is 0 Å². The Bertz CT molecular complexity index is 286. The van der Waals surface area contributed by atoms with Gasteiger partial charge in [-0.25, -0.2) is 0 Å². The number of hydrogen-bond acceptors (Lipinski definition) is 3. The van der Waals surface area contributed by atoms with Crippen LogP contribution in [-0.4, -0.2) is 22.9 Å². The Morgan fingerprint density at radius 3 is 3.14 bits per heavy atom. The first-order valence-corrected chi connectivity index (χ1v) is 5.27. The normalized spacial score (nSPS) is 24.9. The lowest BCUT2D eigenvalue weighted by Gasteiger charge is -2.22. The molecule has 1 aliphatic rings. The fourth-order valence-electron chi connectivity index (χ4n) is 1.85. The summed E-state index contributed by atoms with van der Waals surface area (Å²) in [5, 5.41) is 7.74. The summed E-state index contributed by atoms with van der Waals surface area (Å²) in [7, 11) is 0. The highest BCUT2D eigenvalue weighted by atomic mass is 15.3. The number of nitrogens with two attached hydrogens (primary N) is 1. The lowest BCUT2D eigenvalue weighted by molar-refractivity contribution is 0.346. The Morgan fingerprint density at radius 1 is 1.71 bits per heavy atom. The van der Waals surface area contributed by atoms with Crippen LogP contribution in [0.5, 0.6) is 0 Å². The molecule has 4 nitrogen and oxygen atoms in total. The molecule has 4 heteroatoms. The van der Waals surface area contributed by atoms with Crippen LogP contribution in [0.15, 0.2) is 12.4 Å². The van der Waals surface area contributed by atoms with E-state index in [0.717, 1.165) is 18.7 Å². The molecule has 3 N–H and O–H groups in total. The summed E-state index contributed by atoms with van der Waals surface area (Å²) in [4.78, 5) is 0. The molecular formula is C10H18N4. The van der Waals surface area contributed by atoms with Crippen molar-refractivity contribution < 1.29 is 0 Å². The Morgan fingerprint density at radius 2 is 2.57 bits per heavy atom. The molecule has 1 aliphatic heterocycles. The minimum absolute atomic E-state index is 0.0836. The fraction of sp³-hybridized carbons (Fsp3) is 0.700. The van der Waals surface area contributed by atoms with Crippen LogP contribution in [0.25, 0.3) is 0 Å². The van der Waals surface area contributed by atoms with Gasteiger partial charge in [-0.1, -0.05) is 0 Å². The van der Waals surface area contributed by atoms with Gasteiger partial charge in [0.1, 0.15) is 0 Å². The molecule has 2 rings (SSSR count). The van der Waals surface area contributed by atoms with E-state index < -0.39 is 0 Å². The Balaban J connectivity index is 2.07. The van der Waals surface area contributed by atoms with Crippen molar-refractivity contribution in [3.05, 3.63) is 18.0 Å². The van der Waals surface area contributed by atoms with E-state index in [4.69, 9.17) is 5.73 Å². The molecule has 1 fully saturated rings. The molecule has 2 unspecified atom stereocenters. The zero-order valence-electron chi connectivity index (χ0n) is 8.61. The molecule has 0 spiro atoms. The third-order valence-electron chi connectivity index (χ3n) is 2.79. The van der Waals surface area contributed by atoms with Gasteiger partial charge in [-0.15, -0.1) is 0 Å². The summed E-state index contributed by atoms with van der Waals surface area (Å²) >= 11 is 0. The second-order valence-electron chi connectivity index (χ2n) is 4.04. The predicted molar refractivity (Wildman–Crippen MR) is 56.0 cm³/mol. The number of nitrogens with one attached hydrogen (secondary N) is 1. The molecule has 1 saturated heterocycles. The topological polar surface area (TPSA) is 55.9 Å². The lowest BCUT2D eigenvalue weighted by Crippen LogP contribution is -2.31. The maximum absolute atomic E-state index is 5.79. The molecule has 0 radical (unpaired) electrons. The molecule has 1 aromatic heterocycles. The number of rotatable bonds is 2. The molecule has 2 heterocycles. The first-order valence-electron chi connectivity index (χ1n) is 5.27. The van der Waals surface area contributed by atoms with Gasteiger partial charge in [-0.2, -0.15) is 5.10 Å². The quantitative estimate of drug-likeness (QED) is 0.733. The van der Waals surface area contributed by atoms with Gasteiger partial charge in [-0.3, -0.25) is 4.68 Å². The standard InChI is InChI=1S/C10H18N4/c1-8(11)9-5-13-14(7-9)10-3-2-4-12-6-10/h5,7-8,10,12H,2-4,6,11H2,1H3. The van der Waals surface area contributed by atoms with E-state index in [1.54, 1.807) is 0 Å². The smallest absolute Gasteiger partial charge is 0.0644 e. The van der Waals surface area contributed by atoms with E-state index in [2.05, 4.69) is 16.6 Å². The summed E-state index contributed by atoms with van der Waals surface area (Å²) in [6.07, 6.45) is 6.40. The molecule has 0 amide bonds. The maximum Gasteiger partial charge on any atom is 0.0644 e. The molecule has 2 atom stereocenters. The van der Waals surface area contributed by atoms with E-state index in [-0.39, 0.29) is 6.04 Å². The summed E-state index contributed by atoms with van der Waals surface area (Å²) in [6, 6.07) is 0.594. The van der Waals surface area contributed by atoms with Gasteiger partial charge in [0.05, 0.1) is 12.2 Å². The minimum Gasteiger partial charge on any atom is -0.324 e. The van der Waals surface area contributed by atoms with Crippen LogP contribution in [-0.2, 0) is 0 Å². The first kappa shape index (κ1) is 9.68. The van der Waals surface area contributed by atoms with Gasteiger partial charge in [-0.05, 0) is 26.3 Å². The highest BCUT2D eigenvalue weighted by Crippen LogP contribution is 2.17. The summed E-state index contributed by atoms with van der Waals surface area (Å²) in [5.74, 6) is 0. The van der Waals surface area contributed by atoms with Crippen molar-refractivity contribution in [3.8, 4) is 0 Å². The summed E-state index contributed by atoms with van der Waals surface area (Å²) in [6.45, 7) is 4.15. The number of nitrogens with zero attached hydrogens (tertiary/aromatic N) is 2. The van der Waals surface area contributed by atoms with Crippen molar-refractivity contribution in [2.24, 2.45) is 5.73 Å². The van der Waals surface area contributed by atoms with Gasteiger partial charge in [0.15, 0.2) is 0 Å². The van der Waals surface area contributed by atoms with Crippen molar-refractivity contribution in [2.45, 2.75) is 31.8 Å². The molecule has 0 aromatic carbocycles. The van der Waals surface area contributed by atoms with Crippen molar-refractivity contribution in [1.82, 2.24) is 15.1 Å². The summed E-state index contributed by atoms with van der Waals surface area (Å²) < 4.78 is 2.05. The van der Waals surface area contributed by atoms with E-state index in [9.17, 15) is 0 Å². The van der Waals surface area contributed by atoms with Crippen LogP contribution in [0, 0.1) is 0 Å². The van der Waals surface area contributed by atoms with Crippen molar-refractivity contribution >= 4 is 0 Å². The van der Waals surface area contributed by atoms with Gasteiger partial charge in [0, 0.05) is 24.3 Å². The zero-order chi connectivity index (χ0) is 9.97. The van der Waals surface area contributed by atoms with E-state index in [1.165, 1.54) is 12.8 Å². The first-order chi connectivity index (χ1) is 6.77. The number of hydrogen-bond donors (Lipinski definition) is 2. The Kier molecular flexibility index (Phi) is 2.84. The Hall–Kier alpha value is -0.870. The maximum atomic E-state index is 5.79. The van der Waals surface area contributed by atoms with Crippen LogP contribution in [0.3, 0.4) is 0 Å². The highest BCUT2D eigenvalue weighted by molar-refractivity contribution is 5.08. The van der Waals surface area contributed by atoms with Crippen molar-refractivity contribution in [3.63, 3.8) is 0 Å². The van der Waals surface area contributed by atoms with Gasteiger partial charge < -0.3 is 11.1 Å². The van der Waals surface area contributed by atoms with E-state index in [1.807, 2.05) is 17.8 Å². The molecule has 0 aliphatic carbocycles. The second-order valence-corrected chi connectivity index (χ2v) is 4.04. The molecule has 78 valence electrons. The SMILES string of the molecule is CC(N)c1cnn(C2CCCNC2)c1. The monoisotopic (exact) mass is 194 g/mol. The molecule has 1 aromatic rings. The second kappa shape index (κ2) is 4.11. The predicted octanol–water partition coefficient (Wildman–Crippen LogP) is 0.827. The van der Waals surface area contributed by atoms with E-state index >= 15 is 0 Å². The molecular weight excluding hydrogens is 176 g/mol. The molecule has 14 heavy (non-hydrogen) atoms. The van der Waals surface area contributed by atoms with Gasteiger partial charge >= 0.3 is 0 Å². The van der Waals surface area contributed by atoms with E-state index in [0.29, 0.717) is 6.04 Å².